The van der Waals surface area contributed by atoms with Crippen molar-refractivity contribution in [3.05, 3.63) is 0 Å². The predicted molar refractivity (Wildman–Crippen MR) is 172 cm³/mol. The van der Waals surface area contributed by atoms with E-state index in [1.165, 1.54) is 90.4 Å². The van der Waals surface area contributed by atoms with Gasteiger partial charge in [-0.15, -0.1) is 0 Å². The zero-order valence-electron chi connectivity index (χ0n) is 28.0. The molecule has 0 heterocycles. The van der Waals surface area contributed by atoms with Crippen molar-refractivity contribution < 1.29 is 29.3 Å². The quantitative estimate of drug-likeness (QED) is 0.0450. The first-order chi connectivity index (χ1) is 19.9. The molecule has 3 N–H and O–H groups in total. The highest BCUT2D eigenvalue weighted by Gasteiger charge is 2.34. The van der Waals surface area contributed by atoms with E-state index in [-0.39, 0.29) is 12.8 Å². The number of aliphatic hydroxyl groups is 1. The maximum Gasteiger partial charge on any atom is 0.325 e. The number of hydrogen-bond acceptors (Lipinski definition) is 5. The molecule has 0 rings (SSSR count). The van der Waals surface area contributed by atoms with Crippen LogP contribution in [0.3, 0.4) is 0 Å². The average molecular weight is 598 g/mol. The molecule has 0 aromatic rings. The minimum atomic E-state index is -1.91. The number of carbonyl (C=O) groups excluding carboxylic acids is 2. The largest absolute Gasteiger partial charge is 0.480 e. The predicted octanol–water partition coefficient (Wildman–Crippen LogP) is 9.09. The van der Waals surface area contributed by atoms with E-state index in [9.17, 15) is 19.5 Å². The number of carboxylic acids is 1. The highest BCUT2D eigenvalue weighted by atomic mass is 16.7. The number of amides is 1. The minimum absolute atomic E-state index is 0.167. The van der Waals surface area contributed by atoms with Crippen LogP contribution >= 0.6 is 0 Å². The van der Waals surface area contributed by atoms with Gasteiger partial charge in [0.25, 0.3) is 0 Å². The molecule has 0 fully saturated rings. The molecular weight excluding hydrogens is 530 g/mol. The van der Waals surface area contributed by atoms with E-state index in [4.69, 9.17) is 9.84 Å². The van der Waals surface area contributed by atoms with Crippen LogP contribution in [0.25, 0.3) is 0 Å². The molecule has 248 valence electrons. The molecule has 0 spiro atoms. The number of carbonyl (C=O) groups is 3. The van der Waals surface area contributed by atoms with Gasteiger partial charge in [0, 0.05) is 12.8 Å². The molecule has 0 aliphatic heterocycles. The Bertz CT molecular complexity index is 695. The Morgan fingerprint density at radius 3 is 1.40 bits per heavy atom. The first kappa shape index (κ1) is 40.4. The van der Waals surface area contributed by atoms with Crippen molar-refractivity contribution in [3.8, 4) is 0 Å². The monoisotopic (exact) mass is 597 g/mol. The van der Waals surface area contributed by atoms with Crippen LogP contribution < -0.4 is 5.32 Å². The topological polar surface area (TPSA) is 113 Å². The van der Waals surface area contributed by atoms with E-state index in [0.717, 1.165) is 43.9 Å². The molecule has 0 aromatic heterocycles. The Balaban J connectivity index is 4.35. The Labute approximate surface area is 258 Å². The normalized spacial score (nSPS) is 13.7. The summed E-state index contributed by atoms with van der Waals surface area (Å²) in [5, 5.41) is 22.5. The first-order valence-electron chi connectivity index (χ1n) is 17.4. The van der Waals surface area contributed by atoms with Crippen molar-refractivity contribution in [1.29, 1.82) is 0 Å². The Morgan fingerprint density at radius 2 is 1.00 bits per heavy atom. The van der Waals surface area contributed by atoms with Gasteiger partial charge in [0.05, 0.1) is 6.42 Å². The smallest absolute Gasteiger partial charge is 0.325 e. The van der Waals surface area contributed by atoms with Crippen molar-refractivity contribution in [2.45, 2.75) is 194 Å². The van der Waals surface area contributed by atoms with Gasteiger partial charge in [-0.25, -0.2) is 0 Å². The summed E-state index contributed by atoms with van der Waals surface area (Å²) in [6.07, 6.45) is 22.9. The molecule has 0 saturated heterocycles. The number of ether oxygens (including phenoxy) is 1. The van der Waals surface area contributed by atoms with E-state index >= 15 is 0 Å². The SMILES string of the molecule is CC(C)CCCCCCCCCCCC(=O)O[C@](O)(CCCCCCCCCCCC(C)C)CC(=O)N[C@@H](C)C(=O)O. The molecule has 0 aromatic carbocycles. The van der Waals surface area contributed by atoms with Crippen LogP contribution in [0.4, 0.5) is 0 Å². The number of rotatable bonds is 29. The van der Waals surface area contributed by atoms with Crippen LogP contribution in [-0.4, -0.2) is 39.9 Å². The Kier molecular flexibility index (Phi) is 24.8. The van der Waals surface area contributed by atoms with E-state index in [2.05, 4.69) is 33.0 Å². The van der Waals surface area contributed by atoms with E-state index in [1.807, 2.05) is 0 Å². The number of aliphatic carboxylic acids is 1. The second kappa shape index (κ2) is 25.8. The summed E-state index contributed by atoms with van der Waals surface area (Å²) in [6.45, 7) is 10.4. The average Bonchev–Trinajstić information content (AvgIpc) is 2.89. The van der Waals surface area contributed by atoms with Gasteiger partial charge in [-0.2, -0.15) is 0 Å². The summed E-state index contributed by atoms with van der Waals surface area (Å²) < 4.78 is 5.46. The van der Waals surface area contributed by atoms with Crippen LogP contribution in [-0.2, 0) is 19.1 Å². The lowest BCUT2D eigenvalue weighted by Crippen LogP contribution is -2.45. The fourth-order valence-corrected chi connectivity index (χ4v) is 5.29. The van der Waals surface area contributed by atoms with Gasteiger partial charge in [0.15, 0.2) is 0 Å². The molecule has 7 heteroatoms. The third-order valence-corrected chi connectivity index (χ3v) is 8.00. The second-order valence-corrected chi connectivity index (χ2v) is 13.5. The molecule has 0 radical (unpaired) electrons. The minimum Gasteiger partial charge on any atom is -0.480 e. The molecule has 1 amide bonds. The van der Waals surface area contributed by atoms with Gasteiger partial charge in [-0.1, -0.05) is 143 Å². The first-order valence-corrected chi connectivity index (χ1v) is 17.4. The number of unbranched alkanes of at least 4 members (excludes halogenated alkanes) is 16. The van der Waals surface area contributed by atoms with Crippen LogP contribution in [0, 0.1) is 11.8 Å². The standard InChI is InChI=1S/C35H67NO6/c1-29(2)24-20-16-12-8-6-10-14-18-22-26-33(38)42-35(41,28-32(37)36-31(5)34(39)40)27-23-19-15-11-7-9-13-17-21-25-30(3)4/h29-31,41H,6-28H2,1-5H3,(H,36,37)(H,39,40)/t31-,35+/m0/s1. The van der Waals surface area contributed by atoms with E-state index in [1.54, 1.807) is 0 Å². The second-order valence-electron chi connectivity index (χ2n) is 13.5. The summed E-state index contributed by atoms with van der Waals surface area (Å²) in [5.41, 5.74) is 0. The number of esters is 1. The Morgan fingerprint density at radius 1 is 0.619 bits per heavy atom. The van der Waals surface area contributed by atoms with Crippen molar-refractivity contribution in [3.63, 3.8) is 0 Å². The lowest BCUT2D eigenvalue weighted by Gasteiger charge is -2.28. The Hall–Kier alpha value is -1.63. The van der Waals surface area contributed by atoms with Gasteiger partial charge < -0.3 is 20.3 Å². The fraction of sp³-hybridized carbons (Fsp3) is 0.914. The summed E-state index contributed by atoms with van der Waals surface area (Å²) in [5.74, 6) is -2.63. The van der Waals surface area contributed by atoms with Crippen molar-refractivity contribution in [1.82, 2.24) is 5.32 Å². The third kappa shape index (κ3) is 26.0. The van der Waals surface area contributed by atoms with Crippen LogP contribution in [0.5, 0.6) is 0 Å². The van der Waals surface area contributed by atoms with Gasteiger partial charge in [-0.3, -0.25) is 14.4 Å². The van der Waals surface area contributed by atoms with Crippen LogP contribution in [0.1, 0.15) is 182 Å². The number of hydrogen-bond donors (Lipinski definition) is 3. The number of nitrogens with one attached hydrogen (secondary N) is 1. The summed E-state index contributed by atoms with van der Waals surface area (Å²) in [7, 11) is 0. The lowest BCUT2D eigenvalue weighted by atomic mass is 10.0. The van der Waals surface area contributed by atoms with Gasteiger partial charge in [-0.05, 0) is 31.6 Å². The highest BCUT2D eigenvalue weighted by Crippen LogP contribution is 2.24. The van der Waals surface area contributed by atoms with Crippen LogP contribution in [0.2, 0.25) is 0 Å². The van der Waals surface area contributed by atoms with Crippen molar-refractivity contribution in [2.75, 3.05) is 0 Å². The lowest BCUT2D eigenvalue weighted by molar-refractivity contribution is -0.214. The van der Waals surface area contributed by atoms with Crippen molar-refractivity contribution >= 4 is 17.8 Å². The zero-order valence-corrected chi connectivity index (χ0v) is 28.0. The van der Waals surface area contributed by atoms with Gasteiger partial charge in [0.2, 0.25) is 11.7 Å². The van der Waals surface area contributed by atoms with E-state index in [0.29, 0.717) is 12.8 Å². The molecule has 0 saturated carbocycles. The maximum absolute atomic E-state index is 12.6. The van der Waals surface area contributed by atoms with E-state index < -0.39 is 36.1 Å². The third-order valence-electron chi connectivity index (χ3n) is 8.00. The zero-order chi connectivity index (χ0) is 31.6. The molecule has 0 aliphatic carbocycles. The molecule has 7 nitrogen and oxygen atoms in total. The number of carboxylic acid groups (broad SMARTS) is 1. The summed E-state index contributed by atoms with van der Waals surface area (Å²) in [6, 6.07) is -1.08. The van der Waals surface area contributed by atoms with Crippen LogP contribution in [0.15, 0.2) is 0 Å². The van der Waals surface area contributed by atoms with Gasteiger partial charge in [0.1, 0.15) is 6.04 Å². The van der Waals surface area contributed by atoms with Crippen molar-refractivity contribution in [2.24, 2.45) is 11.8 Å². The molecule has 2 atom stereocenters. The molecule has 0 aliphatic rings. The maximum atomic E-state index is 12.6. The molecule has 0 bridgehead atoms. The van der Waals surface area contributed by atoms with Gasteiger partial charge >= 0.3 is 11.9 Å². The summed E-state index contributed by atoms with van der Waals surface area (Å²) >= 11 is 0. The fourth-order valence-electron chi connectivity index (χ4n) is 5.29. The molecule has 42 heavy (non-hydrogen) atoms. The molecular formula is C35H67NO6. The highest BCUT2D eigenvalue weighted by molar-refractivity contribution is 5.83. The summed E-state index contributed by atoms with van der Waals surface area (Å²) in [4.78, 5) is 36.1. The molecule has 0 unspecified atom stereocenters.